The van der Waals surface area contributed by atoms with Gasteiger partial charge in [-0.2, -0.15) is 0 Å². The molecule has 0 aromatic heterocycles. The van der Waals surface area contributed by atoms with Crippen LogP contribution in [-0.2, 0) is 33.6 Å². The third kappa shape index (κ3) is 4.28. The van der Waals surface area contributed by atoms with Crippen molar-refractivity contribution in [3.63, 3.8) is 0 Å². The van der Waals surface area contributed by atoms with Crippen molar-refractivity contribution >= 4 is 11.9 Å². The van der Waals surface area contributed by atoms with Gasteiger partial charge < -0.3 is 29.7 Å². The first kappa shape index (κ1) is 23.8. The van der Waals surface area contributed by atoms with Crippen LogP contribution in [0.4, 0.5) is 0 Å². The minimum absolute atomic E-state index is 0.0474. The predicted octanol–water partition coefficient (Wildman–Crippen LogP) is 0.987. The fourth-order valence-corrected chi connectivity index (χ4v) is 5.80. The molecule has 5 aliphatic rings. The topological polar surface area (TPSA) is 133 Å². The Bertz CT molecular complexity index is 720. The molecule has 0 aromatic rings. The van der Waals surface area contributed by atoms with E-state index in [-0.39, 0.29) is 37.1 Å². The molecule has 2 bridgehead atoms. The van der Waals surface area contributed by atoms with Crippen molar-refractivity contribution in [2.75, 3.05) is 13.2 Å². The van der Waals surface area contributed by atoms with E-state index in [4.69, 9.17) is 29.1 Å². The lowest BCUT2D eigenvalue weighted by molar-refractivity contribution is -0.576. The Morgan fingerprint density at radius 1 is 1.16 bits per heavy atom. The number of carbonyl (C=O) groups is 2. The van der Waals surface area contributed by atoms with Crippen LogP contribution < -0.4 is 5.32 Å². The second-order valence-electron chi connectivity index (χ2n) is 9.90. The Balaban J connectivity index is 1.40. The highest BCUT2D eigenvalue weighted by Gasteiger charge is 2.69. The van der Waals surface area contributed by atoms with Crippen molar-refractivity contribution in [2.45, 2.75) is 89.4 Å². The van der Waals surface area contributed by atoms with Gasteiger partial charge in [0.2, 0.25) is 18.0 Å². The molecule has 0 aromatic carbocycles. The Morgan fingerprint density at radius 2 is 1.94 bits per heavy atom. The van der Waals surface area contributed by atoms with Gasteiger partial charge in [0.05, 0.1) is 19.1 Å². The predicted molar refractivity (Wildman–Crippen MR) is 108 cm³/mol. The first-order valence-electron chi connectivity index (χ1n) is 11.6. The van der Waals surface area contributed by atoms with E-state index in [2.05, 4.69) is 12.2 Å². The number of nitrogens with one attached hydrogen (secondary N) is 1. The van der Waals surface area contributed by atoms with Crippen molar-refractivity contribution in [3.8, 4) is 0 Å². The number of ether oxygens (including phenoxy) is 3. The van der Waals surface area contributed by atoms with E-state index < -0.39 is 48.6 Å². The summed E-state index contributed by atoms with van der Waals surface area (Å²) in [7, 11) is 0. The molecule has 4 saturated heterocycles. The first-order valence-corrected chi connectivity index (χ1v) is 11.6. The van der Waals surface area contributed by atoms with Crippen LogP contribution in [0.3, 0.4) is 0 Å². The zero-order chi connectivity index (χ0) is 23.1. The number of hydrogen-bond acceptors (Lipinski definition) is 9. The SMILES string of the molecule is C[C@H]1[C@H](OC(=O)CCC(=O)NC[C@@H](O)CO)O[C@@H]2O[C@@]3(C)CC[C@H]4[C@H](C)CC[C@H]1[C@@]24OO3. The molecular formula is C22H35NO9. The lowest BCUT2D eigenvalue weighted by atomic mass is 9.58. The number of fused-ring (bicyclic) bond motifs is 2. The summed E-state index contributed by atoms with van der Waals surface area (Å²) in [6.45, 7) is 5.55. The van der Waals surface area contributed by atoms with E-state index in [1.165, 1.54) is 0 Å². The lowest BCUT2D eigenvalue weighted by Gasteiger charge is -2.59. The summed E-state index contributed by atoms with van der Waals surface area (Å²) in [6.07, 6.45) is 0.842. The zero-order valence-electron chi connectivity index (χ0n) is 19.0. The molecule has 5 fully saturated rings. The fourth-order valence-electron chi connectivity index (χ4n) is 5.80. The number of aliphatic hydroxyl groups excluding tert-OH is 2. The van der Waals surface area contributed by atoms with E-state index in [0.717, 1.165) is 19.3 Å². The van der Waals surface area contributed by atoms with Crippen LogP contribution in [0.15, 0.2) is 0 Å². The summed E-state index contributed by atoms with van der Waals surface area (Å²) >= 11 is 0. The molecule has 10 nitrogen and oxygen atoms in total. The molecule has 32 heavy (non-hydrogen) atoms. The summed E-state index contributed by atoms with van der Waals surface area (Å²) < 4.78 is 18.1. The lowest BCUT2D eigenvalue weighted by Crippen LogP contribution is -2.70. The Kier molecular flexibility index (Phi) is 6.82. The molecule has 182 valence electrons. The van der Waals surface area contributed by atoms with Crippen LogP contribution in [0.1, 0.15) is 59.3 Å². The van der Waals surface area contributed by atoms with Gasteiger partial charge in [-0.25, -0.2) is 9.78 Å². The van der Waals surface area contributed by atoms with Gasteiger partial charge in [-0.3, -0.25) is 9.59 Å². The van der Waals surface area contributed by atoms with Gasteiger partial charge >= 0.3 is 5.97 Å². The second-order valence-corrected chi connectivity index (χ2v) is 9.90. The van der Waals surface area contributed by atoms with Gasteiger partial charge in [-0.05, 0) is 38.0 Å². The molecule has 4 aliphatic heterocycles. The van der Waals surface area contributed by atoms with Crippen molar-refractivity contribution in [2.24, 2.45) is 23.7 Å². The maximum absolute atomic E-state index is 12.5. The number of amides is 1. The van der Waals surface area contributed by atoms with Crippen molar-refractivity contribution < 1.29 is 43.8 Å². The fraction of sp³-hybridized carbons (Fsp3) is 0.909. The first-order chi connectivity index (χ1) is 15.2. The maximum Gasteiger partial charge on any atom is 0.308 e. The molecule has 10 heteroatoms. The summed E-state index contributed by atoms with van der Waals surface area (Å²) in [4.78, 5) is 36.1. The van der Waals surface area contributed by atoms with E-state index in [1.54, 1.807) is 0 Å². The standard InChI is InChI=1S/C22H35NO9/c1-12-4-5-16-13(2)19(28-18(27)7-6-17(26)23-10-14(25)11-24)29-20-22(16)15(12)8-9-21(3,30-20)31-32-22/h12-16,19-20,24-25H,4-11H2,1-3H3,(H,23,26)/t12-,13-,14-,15+,16-,19-,20-,21-,22-/m1/s1. The largest absolute Gasteiger partial charge is 0.435 e. The van der Waals surface area contributed by atoms with Crippen molar-refractivity contribution in [1.29, 1.82) is 0 Å². The van der Waals surface area contributed by atoms with E-state index in [9.17, 15) is 14.7 Å². The molecule has 5 rings (SSSR count). The summed E-state index contributed by atoms with van der Waals surface area (Å²) in [5.74, 6) is -1.26. The molecule has 1 aliphatic carbocycles. The van der Waals surface area contributed by atoms with Gasteiger partial charge in [-0.1, -0.05) is 13.8 Å². The van der Waals surface area contributed by atoms with Gasteiger partial charge in [0.1, 0.15) is 0 Å². The second kappa shape index (κ2) is 9.15. The minimum atomic E-state index is -1.03. The molecule has 9 atom stereocenters. The summed E-state index contributed by atoms with van der Waals surface area (Å²) in [5, 5.41) is 20.5. The van der Waals surface area contributed by atoms with Crippen LogP contribution in [0.25, 0.3) is 0 Å². The highest BCUT2D eigenvalue weighted by atomic mass is 17.3. The van der Waals surface area contributed by atoms with Crippen LogP contribution in [-0.4, -0.2) is 65.3 Å². The van der Waals surface area contributed by atoms with Crippen LogP contribution in [0.5, 0.6) is 0 Å². The maximum atomic E-state index is 12.5. The quantitative estimate of drug-likeness (QED) is 0.378. The number of hydrogen-bond donors (Lipinski definition) is 3. The van der Waals surface area contributed by atoms with Crippen LogP contribution >= 0.6 is 0 Å². The average Bonchev–Trinajstić information content (AvgIpc) is 3.00. The minimum Gasteiger partial charge on any atom is -0.435 e. The van der Waals surface area contributed by atoms with Crippen LogP contribution in [0.2, 0.25) is 0 Å². The summed E-state index contributed by atoms with van der Waals surface area (Å²) in [6, 6.07) is 0. The molecule has 3 N–H and O–H groups in total. The average molecular weight is 458 g/mol. The zero-order valence-corrected chi connectivity index (χ0v) is 19.0. The van der Waals surface area contributed by atoms with E-state index in [0.29, 0.717) is 12.3 Å². The molecule has 4 heterocycles. The van der Waals surface area contributed by atoms with Gasteiger partial charge in [-0.15, -0.1) is 0 Å². The monoisotopic (exact) mass is 457 g/mol. The molecule has 0 radical (unpaired) electrons. The number of aliphatic hydroxyl groups is 2. The molecule has 1 saturated carbocycles. The number of carbonyl (C=O) groups excluding carboxylic acids is 2. The third-order valence-electron chi connectivity index (χ3n) is 7.65. The normalized spacial score (nSPS) is 43.7. The molecule has 1 amide bonds. The van der Waals surface area contributed by atoms with E-state index in [1.807, 2.05) is 13.8 Å². The Morgan fingerprint density at radius 3 is 2.69 bits per heavy atom. The van der Waals surface area contributed by atoms with Gasteiger partial charge in [0, 0.05) is 31.2 Å². The van der Waals surface area contributed by atoms with Crippen LogP contribution in [0, 0.1) is 23.7 Å². The Hall–Kier alpha value is -1.30. The van der Waals surface area contributed by atoms with Gasteiger partial charge in [0.25, 0.3) is 0 Å². The molecule has 0 unspecified atom stereocenters. The van der Waals surface area contributed by atoms with Crippen molar-refractivity contribution in [1.82, 2.24) is 5.32 Å². The number of rotatable bonds is 7. The van der Waals surface area contributed by atoms with Gasteiger partial charge in [0.15, 0.2) is 11.9 Å². The summed E-state index contributed by atoms with van der Waals surface area (Å²) in [5.41, 5.74) is -0.719. The third-order valence-corrected chi connectivity index (χ3v) is 7.65. The van der Waals surface area contributed by atoms with E-state index >= 15 is 0 Å². The highest BCUT2D eigenvalue weighted by Crippen LogP contribution is 2.60. The smallest absolute Gasteiger partial charge is 0.308 e. The van der Waals surface area contributed by atoms with Crippen molar-refractivity contribution in [3.05, 3.63) is 0 Å². The number of esters is 1. The molecular weight excluding hydrogens is 422 g/mol. The molecule has 1 spiro atoms. The Labute approximate surface area is 187 Å². The highest BCUT2D eigenvalue weighted by molar-refractivity contribution is 5.81.